The molecule has 0 radical (unpaired) electrons. The standard InChI is InChI=1S/C15H15NO2.ClH/c16-10-9-11-1-3-12(4-2-11)13-5-7-14(8-6-13)15(17)18;/h1-8H,9-10,16H2,(H,17,18);1H. The van der Waals surface area contributed by atoms with Crippen LogP contribution in [-0.4, -0.2) is 17.6 Å². The van der Waals surface area contributed by atoms with Crippen molar-refractivity contribution in [3.8, 4) is 11.1 Å². The summed E-state index contributed by atoms with van der Waals surface area (Å²) >= 11 is 0. The fraction of sp³-hybridized carbons (Fsp3) is 0.133. The lowest BCUT2D eigenvalue weighted by atomic mass is 10.0. The third-order valence-corrected chi connectivity index (χ3v) is 2.85. The van der Waals surface area contributed by atoms with Crippen LogP contribution < -0.4 is 5.73 Å². The van der Waals surface area contributed by atoms with Crippen LogP contribution in [0, 0.1) is 0 Å². The second-order valence-electron chi connectivity index (χ2n) is 4.12. The first-order valence-corrected chi connectivity index (χ1v) is 5.83. The first-order valence-electron chi connectivity index (χ1n) is 5.83. The number of carboxylic acid groups (broad SMARTS) is 1. The van der Waals surface area contributed by atoms with Gasteiger partial charge in [-0.15, -0.1) is 12.4 Å². The van der Waals surface area contributed by atoms with E-state index in [1.54, 1.807) is 12.1 Å². The van der Waals surface area contributed by atoms with E-state index in [2.05, 4.69) is 0 Å². The van der Waals surface area contributed by atoms with Gasteiger partial charge in [0.1, 0.15) is 0 Å². The predicted octanol–water partition coefficient (Wildman–Crippen LogP) is 2.97. The Hall–Kier alpha value is -1.84. The van der Waals surface area contributed by atoms with Crippen molar-refractivity contribution in [3.05, 3.63) is 59.7 Å². The molecule has 3 nitrogen and oxygen atoms in total. The number of hydrogen-bond acceptors (Lipinski definition) is 2. The molecule has 2 aromatic carbocycles. The minimum Gasteiger partial charge on any atom is -0.478 e. The van der Waals surface area contributed by atoms with Crippen LogP contribution in [0.2, 0.25) is 0 Å². The maximum atomic E-state index is 10.8. The zero-order chi connectivity index (χ0) is 13.0. The third kappa shape index (κ3) is 3.81. The van der Waals surface area contributed by atoms with Gasteiger partial charge >= 0.3 is 5.97 Å². The highest BCUT2D eigenvalue weighted by atomic mass is 35.5. The van der Waals surface area contributed by atoms with Crippen molar-refractivity contribution in [2.24, 2.45) is 5.73 Å². The fourth-order valence-electron chi connectivity index (χ4n) is 1.84. The molecule has 0 aromatic heterocycles. The van der Waals surface area contributed by atoms with Gasteiger partial charge < -0.3 is 10.8 Å². The molecule has 0 amide bonds. The first-order chi connectivity index (χ1) is 8.70. The molecule has 0 bridgehead atoms. The molecule has 0 unspecified atom stereocenters. The van der Waals surface area contributed by atoms with Crippen LogP contribution in [0.15, 0.2) is 48.5 Å². The van der Waals surface area contributed by atoms with Crippen LogP contribution in [0.1, 0.15) is 15.9 Å². The molecule has 0 atom stereocenters. The van der Waals surface area contributed by atoms with Gasteiger partial charge in [-0.2, -0.15) is 0 Å². The van der Waals surface area contributed by atoms with E-state index >= 15 is 0 Å². The van der Waals surface area contributed by atoms with Gasteiger partial charge in [0.15, 0.2) is 0 Å². The summed E-state index contributed by atoms with van der Waals surface area (Å²) in [6.07, 6.45) is 0.873. The molecule has 0 spiro atoms. The Morgan fingerprint density at radius 1 is 0.947 bits per heavy atom. The molecule has 19 heavy (non-hydrogen) atoms. The Labute approximate surface area is 118 Å². The Morgan fingerprint density at radius 3 is 1.84 bits per heavy atom. The molecule has 0 heterocycles. The Balaban J connectivity index is 0.00000180. The monoisotopic (exact) mass is 277 g/mol. The molecular formula is C15H16ClNO2. The van der Waals surface area contributed by atoms with Gasteiger partial charge in [-0.25, -0.2) is 4.79 Å². The minimum atomic E-state index is -0.903. The molecule has 0 saturated carbocycles. The summed E-state index contributed by atoms with van der Waals surface area (Å²) in [5, 5.41) is 8.83. The summed E-state index contributed by atoms with van der Waals surface area (Å²) < 4.78 is 0. The summed E-state index contributed by atoms with van der Waals surface area (Å²) in [5.41, 5.74) is 9.10. The average Bonchev–Trinajstić information content (AvgIpc) is 2.40. The van der Waals surface area contributed by atoms with E-state index in [-0.39, 0.29) is 12.4 Å². The maximum absolute atomic E-state index is 10.8. The van der Waals surface area contributed by atoms with Gasteiger partial charge in [-0.1, -0.05) is 36.4 Å². The van der Waals surface area contributed by atoms with Crippen molar-refractivity contribution in [3.63, 3.8) is 0 Å². The summed E-state index contributed by atoms with van der Waals surface area (Å²) in [4.78, 5) is 10.8. The van der Waals surface area contributed by atoms with Crippen molar-refractivity contribution in [1.82, 2.24) is 0 Å². The molecular weight excluding hydrogens is 262 g/mol. The second-order valence-corrected chi connectivity index (χ2v) is 4.12. The summed E-state index contributed by atoms with van der Waals surface area (Å²) in [7, 11) is 0. The molecule has 0 saturated heterocycles. The highest BCUT2D eigenvalue weighted by molar-refractivity contribution is 5.88. The van der Waals surface area contributed by atoms with Crippen molar-refractivity contribution in [2.75, 3.05) is 6.54 Å². The number of benzene rings is 2. The van der Waals surface area contributed by atoms with Crippen LogP contribution in [0.5, 0.6) is 0 Å². The van der Waals surface area contributed by atoms with Crippen molar-refractivity contribution >= 4 is 18.4 Å². The van der Waals surface area contributed by atoms with E-state index in [0.29, 0.717) is 12.1 Å². The van der Waals surface area contributed by atoms with Crippen molar-refractivity contribution < 1.29 is 9.90 Å². The molecule has 2 aromatic rings. The lowest BCUT2D eigenvalue weighted by molar-refractivity contribution is 0.0697. The topological polar surface area (TPSA) is 63.3 Å². The fourth-order valence-corrected chi connectivity index (χ4v) is 1.84. The smallest absolute Gasteiger partial charge is 0.335 e. The average molecular weight is 278 g/mol. The quantitative estimate of drug-likeness (QED) is 0.903. The van der Waals surface area contributed by atoms with E-state index in [4.69, 9.17) is 10.8 Å². The number of nitrogens with two attached hydrogens (primary N) is 1. The second kappa shape index (κ2) is 6.92. The van der Waals surface area contributed by atoms with Gasteiger partial charge in [0.2, 0.25) is 0 Å². The zero-order valence-electron chi connectivity index (χ0n) is 10.4. The predicted molar refractivity (Wildman–Crippen MR) is 78.8 cm³/mol. The number of halogens is 1. The van der Waals surface area contributed by atoms with Crippen LogP contribution in [0.3, 0.4) is 0 Å². The lowest BCUT2D eigenvalue weighted by Gasteiger charge is -2.04. The van der Waals surface area contributed by atoms with Gasteiger partial charge in [0.05, 0.1) is 5.56 Å². The molecule has 0 aliphatic carbocycles. The van der Waals surface area contributed by atoms with Gasteiger partial charge in [0, 0.05) is 0 Å². The van der Waals surface area contributed by atoms with E-state index < -0.39 is 5.97 Å². The summed E-state index contributed by atoms with van der Waals surface area (Å²) in [5.74, 6) is -0.903. The van der Waals surface area contributed by atoms with Gasteiger partial charge in [0.25, 0.3) is 0 Å². The number of rotatable bonds is 4. The zero-order valence-corrected chi connectivity index (χ0v) is 11.2. The third-order valence-electron chi connectivity index (χ3n) is 2.85. The number of aromatic carboxylic acids is 1. The van der Waals surface area contributed by atoms with Crippen LogP contribution >= 0.6 is 12.4 Å². The largest absolute Gasteiger partial charge is 0.478 e. The van der Waals surface area contributed by atoms with E-state index in [0.717, 1.165) is 17.5 Å². The van der Waals surface area contributed by atoms with Crippen molar-refractivity contribution in [1.29, 1.82) is 0 Å². The van der Waals surface area contributed by atoms with Gasteiger partial charge in [-0.3, -0.25) is 0 Å². The molecule has 0 aliphatic heterocycles. The summed E-state index contributed by atoms with van der Waals surface area (Å²) in [6, 6.07) is 15.0. The van der Waals surface area contributed by atoms with Crippen LogP contribution in [0.4, 0.5) is 0 Å². The number of carboxylic acids is 1. The molecule has 0 fully saturated rings. The van der Waals surface area contributed by atoms with E-state index in [1.807, 2.05) is 36.4 Å². The van der Waals surface area contributed by atoms with Crippen molar-refractivity contribution in [2.45, 2.75) is 6.42 Å². The Morgan fingerprint density at radius 2 is 1.42 bits per heavy atom. The normalized spacial score (nSPS) is 9.74. The van der Waals surface area contributed by atoms with E-state index in [1.165, 1.54) is 5.56 Å². The molecule has 3 N–H and O–H groups in total. The first kappa shape index (κ1) is 15.2. The maximum Gasteiger partial charge on any atom is 0.335 e. The van der Waals surface area contributed by atoms with Gasteiger partial charge in [-0.05, 0) is 41.8 Å². The highest BCUT2D eigenvalue weighted by Gasteiger charge is 2.03. The molecule has 0 aliphatic rings. The van der Waals surface area contributed by atoms with Crippen LogP contribution in [0.25, 0.3) is 11.1 Å². The van der Waals surface area contributed by atoms with Crippen LogP contribution in [-0.2, 0) is 6.42 Å². The summed E-state index contributed by atoms with van der Waals surface area (Å²) in [6.45, 7) is 0.645. The number of hydrogen-bond donors (Lipinski definition) is 2. The lowest BCUT2D eigenvalue weighted by Crippen LogP contribution is -2.02. The molecule has 100 valence electrons. The molecule has 2 rings (SSSR count). The van der Waals surface area contributed by atoms with E-state index in [9.17, 15) is 4.79 Å². The minimum absolute atomic E-state index is 0. The highest BCUT2D eigenvalue weighted by Crippen LogP contribution is 2.20. The Bertz CT molecular complexity index is 535. The Kier molecular flexibility index (Phi) is 5.55. The molecule has 4 heteroatoms. The number of carbonyl (C=O) groups is 1. The SMILES string of the molecule is Cl.NCCc1ccc(-c2ccc(C(=O)O)cc2)cc1.